The summed E-state index contributed by atoms with van der Waals surface area (Å²) in [6, 6.07) is 14.9. The van der Waals surface area contributed by atoms with Crippen molar-refractivity contribution in [3.63, 3.8) is 0 Å². The predicted molar refractivity (Wildman–Crippen MR) is 234 cm³/mol. The Hall–Kier alpha value is -5.81. The molecule has 358 valence electrons. The van der Waals surface area contributed by atoms with Crippen molar-refractivity contribution in [1.29, 1.82) is 0 Å². The zero-order valence-corrected chi connectivity index (χ0v) is 37.8. The maximum absolute atomic E-state index is 13.2. The molecule has 0 aliphatic carbocycles. The van der Waals surface area contributed by atoms with Gasteiger partial charge in [0.25, 0.3) is 17.7 Å². The summed E-state index contributed by atoms with van der Waals surface area (Å²) >= 11 is 0. The minimum absolute atomic E-state index is 0.0261. The van der Waals surface area contributed by atoms with Crippen LogP contribution in [0.3, 0.4) is 0 Å². The molecule has 7 N–H and O–H groups in total. The average Bonchev–Trinajstić information content (AvgIpc) is 3.27. The molecule has 0 aliphatic heterocycles. The topological polar surface area (TPSA) is 275 Å². The molecule has 0 saturated heterocycles. The fraction of sp³-hybridized carbons (Fsp3) is 0.523. The van der Waals surface area contributed by atoms with E-state index in [1.807, 2.05) is 48.5 Å². The van der Waals surface area contributed by atoms with Gasteiger partial charge in [0.1, 0.15) is 18.1 Å². The van der Waals surface area contributed by atoms with E-state index in [0.29, 0.717) is 15.2 Å². The van der Waals surface area contributed by atoms with Crippen molar-refractivity contribution >= 4 is 62.9 Å². The van der Waals surface area contributed by atoms with Gasteiger partial charge in [0.2, 0.25) is 23.6 Å². The van der Waals surface area contributed by atoms with Crippen molar-refractivity contribution in [2.24, 2.45) is 5.41 Å². The quantitative estimate of drug-likeness (QED) is 0.0234. The highest BCUT2D eigenvalue weighted by Gasteiger charge is 2.33. The summed E-state index contributed by atoms with van der Waals surface area (Å²) in [6.45, 7) is 3.42. The van der Waals surface area contributed by atoms with Gasteiger partial charge >= 0.3 is 0 Å². The van der Waals surface area contributed by atoms with E-state index in [4.69, 9.17) is 18.9 Å². The van der Waals surface area contributed by atoms with E-state index >= 15 is 0 Å². The van der Waals surface area contributed by atoms with Crippen LogP contribution >= 0.6 is 0 Å². The number of nitrogens with one attached hydrogen (secondary N) is 4. The molecular formula is C44H63N7O14. The monoisotopic (exact) mass is 913 g/mol. The molecule has 3 rings (SSSR count). The van der Waals surface area contributed by atoms with Crippen LogP contribution in [0.15, 0.2) is 54.6 Å². The molecule has 0 aromatic heterocycles. The number of carbonyl (C=O) groups excluding carboxylic acids is 7. The number of hydrogen-bond donors (Lipinski definition) is 7. The van der Waals surface area contributed by atoms with Crippen molar-refractivity contribution in [2.45, 2.75) is 71.1 Å². The molecule has 0 fully saturated rings. The van der Waals surface area contributed by atoms with Crippen LogP contribution in [0.5, 0.6) is 0 Å². The second-order valence-corrected chi connectivity index (χ2v) is 15.7. The number of nitrogens with zero attached hydrogens (tertiary/aromatic N) is 3. The molecule has 3 atom stereocenters. The maximum atomic E-state index is 13.2. The first-order valence-corrected chi connectivity index (χ1v) is 21.1. The Morgan fingerprint density at radius 2 is 0.831 bits per heavy atom. The third kappa shape index (κ3) is 17.9. The lowest BCUT2D eigenvalue weighted by atomic mass is 9.92. The third-order valence-electron chi connectivity index (χ3n) is 10.1. The van der Waals surface area contributed by atoms with E-state index < -0.39 is 59.0 Å². The van der Waals surface area contributed by atoms with Gasteiger partial charge in [-0.25, -0.2) is 15.2 Å². The van der Waals surface area contributed by atoms with Crippen molar-refractivity contribution < 1.29 is 68.1 Å². The Morgan fingerprint density at radius 3 is 1.15 bits per heavy atom. The molecule has 21 nitrogen and oxygen atoms in total. The number of ether oxygens (including phenoxy) is 4. The Morgan fingerprint density at radius 1 is 0.523 bits per heavy atom. The number of likely N-dealkylation sites (N-methyl/N-ethyl adjacent to an activating group) is 3. The molecule has 3 unspecified atom stereocenters. The number of rotatable bonds is 28. The van der Waals surface area contributed by atoms with Gasteiger partial charge in [0.15, 0.2) is 0 Å². The molecular weight excluding hydrogens is 851 g/mol. The van der Waals surface area contributed by atoms with Gasteiger partial charge in [-0.05, 0) is 53.9 Å². The molecule has 0 aliphatic rings. The van der Waals surface area contributed by atoms with Gasteiger partial charge in [0, 0.05) is 53.4 Å². The second-order valence-electron chi connectivity index (χ2n) is 15.7. The Labute approximate surface area is 377 Å². The van der Waals surface area contributed by atoms with Gasteiger partial charge in [-0.2, -0.15) is 0 Å². The van der Waals surface area contributed by atoms with Gasteiger partial charge in [0.05, 0.1) is 58.3 Å². The highest BCUT2D eigenvalue weighted by Crippen LogP contribution is 2.28. The van der Waals surface area contributed by atoms with E-state index in [1.54, 1.807) is 0 Å². The largest absolute Gasteiger partial charge is 0.380 e. The number of hydroxylamine groups is 6. The van der Waals surface area contributed by atoms with Crippen LogP contribution in [0, 0.1) is 5.41 Å². The predicted octanol–water partition coefficient (Wildman–Crippen LogP) is 1.28. The van der Waals surface area contributed by atoms with E-state index in [9.17, 15) is 49.2 Å². The van der Waals surface area contributed by atoms with Crippen LogP contribution in [-0.4, -0.2) is 164 Å². The fourth-order valence-electron chi connectivity index (χ4n) is 6.60. The lowest BCUT2D eigenvalue weighted by molar-refractivity contribution is -0.162. The summed E-state index contributed by atoms with van der Waals surface area (Å²) in [5.41, 5.74) is -0.198. The Bertz CT molecular complexity index is 1910. The smallest absolute Gasteiger partial charge is 0.267 e. The normalized spacial score (nSPS) is 13.5. The number of fused-ring (bicyclic) bond motifs is 2. The first kappa shape index (κ1) is 53.5. The van der Waals surface area contributed by atoms with Crippen LogP contribution in [0.2, 0.25) is 0 Å². The van der Waals surface area contributed by atoms with Crippen LogP contribution in [0.25, 0.3) is 21.5 Å². The van der Waals surface area contributed by atoms with Crippen molar-refractivity contribution in [1.82, 2.24) is 36.5 Å². The second kappa shape index (κ2) is 26.9. The van der Waals surface area contributed by atoms with E-state index in [1.165, 1.54) is 20.8 Å². The highest BCUT2D eigenvalue weighted by molar-refractivity contribution is 6.02. The summed E-state index contributed by atoms with van der Waals surface area (Å²) in [5.74, 6) is -4.09. The van der Waals surface area contributed by atoms with E-state index in [0.717, 1.165) is 48.3 Å². The summed E-state index contributed by atoms with van der Waals surface area (Å²) in [4.78, 5) is 87.1. The van der Waals surface area contributed by atoms with Gasteiger partial charge in [-0.3, -0.25) is 49.2 Å². The Kier molecular flexibility index (Phi) is 22.1. The van der Waals surface area contributed by atoms with Crippen molar-refractivity contribution in [3.05, 3.63) is 60.2 Å². The molecule has 0 bridgehead atoms. The molecule has 3 aromatic carbocycles. The summed E-state index contributed by atoms with van der Waals surface area (Å²) in [5, 5.41) is 43.9. The van der Waals surface area contributed by atoms with E-state index in [2.05, 4.69) is 27.3 Å². The molecule has 0 heterocycles. The van der Waals surface area contributed by atoms with Crippen LogP contribution in [0.1, 0.15) is 52.0 Å². The van der Waals surface area contributed by atoms with Crippen LogP contribution in [0.4, 0.5) is 0 Å². The van der Waals surface area contributed by atoms with Gasteiger partial charge in [-0.1, -0.05) is 48.5 Å². The number of carbonyl (C=O) groups is 7. The first-order chi connectivity index (χ1) is 30.8. The van der Waals surface area contributed by atoms with Crippen molar-refractivity contribution in [3.8, 4) is 0 Å². The van der Waals surface area contributed by atoms with Crippen LogP contribution < -0.4 is 21.3 Å². The zero-order chi connectivity index (χ0) is 48.1. The summed E-state index contributed by atoms with van der Waals surface area (Å²) in [7, 11) is 3.40. The maximum Gasteiger partial charge on any atom is 0.267 e. The molecule has 0 radical (unpaired) electrons. The van der Waals surface area contributed by atoms with E-state index in [-0.39, 0.29) is 91.0 Å². The zero-order valence-electron chi connectivity index (χ0n) is 37.8. The number of hydrogen-bond acceptors (Lipinski definition) is 14. The molecule has 7 amide bonds. The standard InChI is InChI=1S/C44H63N7O14/c1-29(41(56)49(4)59)46-38(53)16-20-63-26-44(27-64-21-17-39(54)47-30(2)42(57)50(5)60,28-65-22-18-40(55)48-31(3)43(58)51(6)61)25-62-19-15-37(52)45-24-36-34-13-9-7-11-32(34)23-33-12-8-10-14-35(33)36/h7-14,23,29-31,59-61H,15-22,24-28H2,1-6H3,(H,45,52)(H,46,53)(H,47,54)(H,48,55). The lowest BCUT2D eigenvalue weighted by Gasteiger charge is -2.33. The summed E-state index contributed by atoms with van der Waals surface area (Å²) in [6.07, 6.45) is -0.574. The SMILES string of the molecule is CC(NC(=O)CCOCC(COCCC(=O)NCc1c2ccccc2cc2ccccc12)(COCCC(=O)NC(C)C(=O)N(C)O)COCCC(=O)NC(C)C(=O)N(C)O)C(=O)N(C)O. The molecule has 3 aromatic rings. The molecule has 0 spiro atoms. The lowest BCUT2D eigenvalue weighted by Crippen LogP contribution is -2.45. The Balaban J connectivity index is 1.73. The minimum atomic E-state index is -1.17. The highest BCUT2D eigenvalue weighted by atomic mass is 16.5. The van der Waals surface area contributed by atoms with Gasteiger partial charge in [-0.15, -0.1) is 0 Å². The number of benzene rings is 3. The molecule has 0 saturated carbocycles. The summed E-state index contributed by atoms with van der Waals surface area (Å²) < 4.78 is 23.9. The third-order valence-corrected chi connectivity index (χ3v) is 10.1. The molecule has 65 heavy (non-hydrogen) atoms. The van der Waals surface area contributed by atoms with Crippen molar-refractivity contribution in [2.75, 3.05) is 74.0 Å². The fourth-order valence-corrected chi connectivity index (χ4v) is 6.60. The van der Waals surface area contributed by atoms with Gasteiger partial charge < -0.3 is 40.2 Å². The minimum Gasteiger partial charge on any atom is -0.380 e. The van der Waals surface area contributed by atoms with Crippen LogP contribution in [-0.2, 0) is 59.1 Å². The average molecular weight is 914 g/mol. The molecule has 21 heteroatoms. The number of amides is 7. The first-order valence-electron chi connectivity index (χ1n) is 21.1.